The van der Waals surface area contributed by atoms with Crippen LogP contribution >= 0.6 is 0 Å². The van der Waals surface area contributed by atoms with Crippen molar-refractivity contribution < 1.29 is 30.6 Å². The van der Waals surface area contributed by atoms with E-state index in [4.69, 9.17) is 20.4 Å². The van der Waals surface area contributed by atoms with Gasteiger partial charge in [0.05, 0.1) is 26.4 Å². The molecule has 0 radical (unpaired) electrons. The maximum absolute atomic E-state index is 9.56. The third-order valence-corrected chi connectivity index (χ3v) is 5.60. The smallest absolute Gasteiger partial charge is 0.0558 e. The summed E-state index contributed by atoms with van der Waals surface area (Å²) in [7, 11) is 0. The molecule has 0 atom stereocenters. The van der Waals surface area contributed by atoms with Crippen molar-refractivity contribution in [3.05, 3.63) is 0 Å². The molecule has 0 aromatic carbocycles. The number of nitrogens with one attached hydrogen (secondary N) is 2. The molecule has 0 aliphatic carbocycles. The van der Waals surface area contributed by atoms with E-state index in [0.29, 0.717) is 39.0 Å². The van der Waals surface area contributed by atoms with Crippen LogP contribution in [0.4, 0.5) is 0 Å². The molecule has 0 aromatic rings. The number of rotatable bonds is 24. The standard InChI is InChI=1S/C21H48N4O6/c26-15-4-21(5-16-27,23-7-2-10-25(13-19-30)14-20-31)3-8-22-6-1-9-24(11-17-28)12-18-29/h22-23,26-31H,1-20H2. The molecule has 0 spiro atoms. The van der Waals surface area contributed by atoms with Gasteiger partial charge in [-0.05, 0) is 64.8 Å². The Kier molecular flexibility index (Phi) is 21.2. The van der Waals surface area contributed by atoms with E-state index in [1.807, 2.05) is 9.80 Å². The van der Waals surface area contributed by atoms with Gasteiger partial charge in [-0.1, -0.05) is 0 Å². The minimum absolute atomic E-state index is 0.0471. The van der Waals surface area contributed by atoms with Gasteiger partial charge in [0.15, 0.2) is 0 Å². The van der Waals surface area contributed by atoms with Crippen molar-refractivity contribution in [3.8, 4) is 0 Å². The molecule has 10 nitrogen and oxygen atoms in total. The van der Waals surface area contributed by atoms with Crippen molar-refractivity contribution in [2.24, 2.45) is 0 Å². The highest BCUT2D eigenvalue weighted by Gasteiger charge is 2.27. The van der Waals surface area contributed by atoms with E-state index in [-0.39, 0.29) is 45.2 Å². The number of hydrogen-bond donors (Lipinski definition) is 8. The van der Waals surface area contributed by atoms with Crippen molar-refractivity contribution in [2.45, 2.75) is 37.6 Å². The highest BCUT2D eigenvalue weighted by Crippen LogP contribution is 2.19. The molecular formula is C21H48N4O6. The molecule has 8 N–H and O–H groups in total. The zero-order valence-corrected chi connectivity index (χ0v) is 19.2. The fraction of sp³-hybridized carbons (Fsp3) is 1.00. The molecule has 0 amide bonds. The van der Waals surface area contributed by atoms with Gasteiger partial charge in [0.25, 0.3) is 0 Å². The van der Waals surface area contributed by atoms with Gasteiger partial charge in [-0.25, -0.2) is 0 Å². The molecule has 0 aliphatic rings. The van der Waals surface area contributed by atoms with E-state index >= 15 is 0 Å². The van der Waals surface area contributed by atoms with Gasteiger partial charge in [0, 0.05) is 44.9 Å². The van der Waals surface area contributed by atoms with Gasteiger partial charge in [0.1, 0.15) is 0 Å². The monoisotopic (exact) mass is 452 g/mol. The summed E-state index contributed by atoms with van der Waals surface area (Å²) in [4.78, 5) is 4.04. The summed E-state index contributed by atoms with van der Waals surface area (Å²) in [6, 6.07) is 0. The molecule has 0 rings (SSSR count). The van der Waals surface area contributed by atoms with E-state index < -0.39 is 0 Å². The Morgan fingerprint density at radius 2 is 0.935 bits per heavy atom. The lowest BCUT2D eigenvalue weighted by Crippen LogP contribution is -2.49. The van der Waals surface area contributed by atoms with E-state index in [0.717, 1.165) is 52.0 Å². The highest BCUT2D eigenvalue weighted by atomic mass is 16.3. The first-order chi connectivity index (χ1) is 15.1. The summed E-state index contributed by atoms with van der Waals surface area (Å²) in [5.74, 6) is 0. The Hall–Kier alpha value is -0.400. The summed E-state index contributed by atoms with van der Waals surface area (Å²) in [5, 5.41) is 62.4. The van der Waals surface area contributed by atoms with Crippen molar-refractivity contribution >= 4 is 0 Å². The fourth-order valence-electron chi connectivity index (χ4n) is 3.84. The second-order valence-electron chi connectivity index (χ2n) is 7.94. The summed E-state index contributed by atoms with van der Waals surface area (Å²) in [6.07, 6.45) is 3.66. The molecule has 0 unspecified atom stereocenters. The predicted molar refractivity (Wildman–Crippen MR) is 122 cm³/mol. The normalized spacial score (nSPS) is 12.4. The molecule has 0 aromatic heterocycles. The van der Waals surface area contributed by atoms with E-state index in [1.54, 1.807) is 0 Å². The molecule has 188 valence electrons. The van der Waals surface area contributed by atoms with Gasteiger partial charge < -0.3 is 41.3 Å². The Morgan fingerprint density at radius 1 is 0.484 bits per heavy atom. The molecule has 0 fully saturated rings. The molecule has 0 bridgehead atoms. The lowest BCUT2D eigenvalue weighted by molar-refractivity contribution is 0.143. The number of aliphatic hydroxyl groups is 6. The second-order valence-corrected chi connectivity index (χ2v) is 7.94. The molecule has 0 saturated carbocycles. The predicted octanol–water partition coefficient (Wildman–Crippen LogP) is -2.59. The SMILES string of the molecule is OCCN(CCO)CCCNCCC(CCO)(CCO)NCCCN(CCO)CCO. The Bertz CT molecular complexity index is 364. The molecule has 0 aliphatic heterocycles. The van der Waals surface area contributed by atoms with Crippen LogP contribution in [0.1, 0.15) is 32.1 Å². The second kappa shape index (κ2) is 21.4. The van der Waals surface area contributed by atoms with Gasteiger partial charge in [-0.15, -0.1) is 0 Å². The van der Waals surface area contributed by atoms with E-state index in [2.05, 4.69) is 10.6 Å². The number of aliphatic hydroxyl groups excluding tert-OH is 6. The van der Waals surface area contributed by atoms with Crippen LogP contribution in [0.3, 0.4) is 0 Å². The van der Waals surface area contributed by atoms with Crippen LogP contribution in [-0.4, -0.2) is 145 Å². The Labute approximate surface area is 187 Å². The molecule has 0 saturated heterocycles. The number of hydrogen-bond acceptors (Lipinski definition) is 10. The summed E-state index contributed by atoms with van der Waals surface area (Å²) in [6.45, 7) is 6.47. The average molecular weight is 453 g/mol. The summed E-state index contributed by atoms with van der Waals surface area (Å²) in [5.41, 5.74) is -0.338. The first-order valence-corrected chi connectivity index (χ1v) is 11.7. The average Bonchev–Trinajstić information content (AvgIpc) is 2.74. The largest absolute Gasteiger partial charge is 0.396 e. The molecule has 0 heterocycles. The minimum atomic E-state index is -0.338. The Balaban J connectivity index is 4.37. The van der Waals surface area contributed by atoms with Gasteiger partial charge in [0.2, 0.25) is 0 Å². The van der Waals surface area contributed by atoms with Crippen LogP contribution in [0.25, 0.3) is 0 Å². The number of nitrogens with zero attached hydrogens (tertiary/aromatic N) is 2. The van der Waals surface area contributed by atoms with Crippen LogP contribution in [0, 0.1) is 0 Å². The first kappa shape index (κ1) is 30.6. The fourth-order valence-corrected chi connectivity index (χ4v) is 3.84. The van der Waals surface area contributed by atoms with Crippen molar-refractivity contribution in [3.63, 3.8) is 0 Å². The third-order valence-electron chi connectivity index (χ3n) is 5.60. The molecule has 31 heavy (non-hydrogen) atoms. The third kappa shape index (κ3) is 15.9. The van der Waals surface area contributed by atoms with Gasteiger partial charge >= 0.3 is 0 Å². The minimum Gasteiger partial charge on any atom is -0.396 e. The zero-order valence-electron chi connectivity index (χ0n) is 19.2. The highest BCUT2D eigenvalue weighted by molar-refractivity contribution is 4.88. The zero-order chi connectivity index (χ0) is 23.2. The van der Waals surface area contributed by atoms with Crippen molar-refractivity contribution in [1.29, 1.82) is 0 Å². The topological polar surface area (TPSA) is 152 Å². The first-order valence-electron chi connectivity index (χ1n) is 11.7. The van der Waals surface area contributed by atoms with E-state index in [9.17, 15) is 10.2 Å². The van der Waals surface area contributed by atoms with Crippen molar-refractivity contribution in [2.75, 3.05) is 98.5 Å². The quantitative estimate of drug-likeness (QED) is 0.0733. The van der Waals surface area contributed by atoms with Crippen LogP contribution in [0.2, 0.25) is 0 Å². The van der Waals surface area contributed by atoms with Crippen LogP contribution in [-0.2, 0) is 0 Å². The van der Waals surface area contributed by atoms with Crippen LogP contribution in [0.15, 0.2) is 0 Å². The summed E-state index contributed by atoms with van der Waals surface area (Å²) < 4.78 is 0. The summed E-state index contributed by atoms with van der Waals surface area (Å²) >= 11 is 0. The maximum Gasteiger partial charge on any atom is 0.0558 e. The van der Waals surface area contributed by atoms with Crippen molar-refractivity contribution in [1.82, 2.24) is 20.4 Å². The molecule has 10 heteroatoms. The van der Waals surface area contributed by atoms with Gasteiger partial charge in [-0.2, -0.15) is 0 Å². The van der Waals surface area contributed by atoms with Gasteiger partial charge in [-0.3, -0.25) is 9.80 Å². The maximum atomic E-state index is 9.56. The lowest BCUT2D eigenvalue weighted by Gasteiger charge is -2.35. The van der Waals surface area contributed by atoms with E-state index in [1.165, 1.54) is 0 Å². The van der Waals surface area contributed by atoms with Crippen LogP contribution < -0.4 is 10.6 Å². The molecular weight excluding hydrogens is 404 g/mol. The Morgan fingerprint density at radius 3 is 1.35 bits per heavy atom. The van der Waals surface area contributed by atoms with Crippen LogP contribution in [0.5, 0.6) is 0 Å². The lowest BCUT2D eigenvalue weighted by atomic mass is 9.87.